The lowest BCUT2D eigenvalue weighted by molar-refractivity contribution is 0.0974. The van der Waals surface area contributed by atoms with Crippen LogP contribution in [0.1, 0.15) is 23.2 Å². The molecule has 1 amide bonds. The summed E-state index contributed by atoms with van der Waals surface area (Å²) in [5, 5.41) is 6.01. The molecule has 1 atom stereocenters. The lowest BCUT2D eigenvalue weighted by Gasteiger charge is -2.16. The van der Waals surface area contributed by atoms with E-state index >= 15 is 0 Å². The lowest BCUT2D eigenvalue weighted by Crippen LogP contribution is -2.36. The first kappa shape index (κ1) is 22.9. The molecule has 0 aromatic heterocycles. The molecule has 2 aromatic carbocycles. The summed E-state index contributed by atoms with van der Waals surface area (Å²) in [6, 6.07) is 10.8. The highest BCUT2D eigenvalue weighted by Gasteiger charge is 2.19. The van der Waals surface area contributed by atoms with Crippen LogP contribution in [0.15, 0.2) is 45.9 Å². The van der Waals surface area contributed by atoms with Crippen LogP contribution in [0, 0.1) is 0 Å². The zero-order valence-corrected chi connectivity index (χ0v) is 19.3. The molecule has 0 bridgehead atoms. The van der Waals surface area contributed by atoms with Crippen molar-refractivity contribution in [2.45, 2.75) is 18.9 Å². The van der Waals surface area contributed by atoms with Crippen molar-refractivity contribution < 1.29 is 23.7 Å². The molecule has 0 aliphatic carbocycles. The van der Waals surface area contributed by atoms with Gasteiger partial charge in [-0.3, -0.25) is 10.1 Å². The molecule has 1 heterocycles. The molecule has 0 saturated carbocycles. The SMILES string of the molecule is COc1cc(C(=O)NC(=NCC2CCCO2)Nc2ccc(Br)cc2)cc(OC)c1OC. The normalized spacial score (nSPS) is 16.0. The smallest absolute Gasteiger partial charge is 0.258 e. The lowest BCUT2D eigenvalue weighted by atomic mass is 10.1. The second-order valence-corrected chi connectivity index (χ2v) is 7.74. The summed E-state index contributed by atoms with van der Waals surface area (Å²) >= 11 is 3.42. The number of methoxy groups -OCH3 is 3. The number of hydrogen-bond donors (Lipinski definition) is 2. The van der Waals surface area contributed by atoms with Gasteiger partial charge in [0.1, 0.15) is 0 Å². The molecular formula is C22H26BrN3O5. The minimum atomic E-state index is -0.366. The number of carbonyl (C=O) groups is 1. The predicted molar refractivity (Wildman–Crippen MR) is 123 cm³/mol. The molecule has 1 unspecified atom stereocenters. The molecule has 2 aromatic rings. The Morgan fingerprint density at radius 2 is 1.81 bits per heavy atom. The van der Waals surface area contributed by atoms with Gasteiger partial charge in [-0.1, -0.05) is 15.9 Å². The zero-order valence-electron chi connectivity index (χ0n) is 17.7. The van der Waals surface area contributed by atoms with Crippen LogP contribution in [0.5, 0.6) is 17.2 Å². The van der Waals surface area contributed by atoms with Crippen molar-refractivity contribution in [1.82, 2.24) is 5.32 Å². The summed E-state index contributed by atoms with van der Waals surface area (Å²) in [5.41, 5.74) is 1.14. The van der Waals surface area contributed by atoms with Crippen LogP contribution < -0.4 is 24.8 Å². The van der Waals surface area contributed by atoms with Crippen LogP contribution in [0.3, 0.4) is 0 Å². The fraction of sp³-hybridized carbons (Fsp3) is 0.364. The number of ether oxygens (including phenoxy) is 4. The van der Waals surface area contributed by atoms with E-state index in [0.717, 1.165) is 29.6 Å². The molecule has 9 heteroatoms. The summed E-state index contributed by atoms with van der Waals surface area (Å²) < 4.78 is 22.6. The fourth-order valence-electron chi connectivity index (χ4n) is 3.15. The maximum Gasteiger partial charge on any atom is 0.258 e. The highest BCUT2D eigenvalue weighted by molar-refractivity contribution is 9.10. The fourth-order valence-corrected chi connectivity index (χ4v) is 3.42. The average Bonchev–Trinajstić information content (AvgIpc) is 3.31. The Hall–Kier alpha value is -2.78. The minimum Gasteiger partial charge on any atom is -0.493 e. The van der Waals surface area contributed by atoms with E-state index in [2.05, 4.69) is 31.6 Å². The van der Waals surface area contributed by atoms with Crippen molar-refractivity contribution in [3.63, 3.8) is 0 Å². The molecule has 0 radical (unpaired) electrons. The van der Waals surface area contributed by atoms with Crippen LogP contribution in [-0.4, -0.2) is 52.5 Å². The maximum absolute atomic E-state index is 13.0. The number of aliphatic imine (C=N–C) groups is 1. The van der Waals surface area contributed by atoms with Gasteiger partial charge < -0.3 is 24.3 Å². The monoisotopic (exact) mass is 491 g/mol. The van der Waals surface area contributed by atoms with Crippen molar-refractivity contribution >= 4 is 33.5 Å². The summed E-state index contributed by atoms with van der Waals surface area (Å²) in [6.07, 6.45) is 2.03. The van der Waals surface area contributed by atoms with Crippen LogP contribution in [0.4, 0.5) is 5.69 Å². The molecular weight excluding hydrogens is 466 g/mol. The number of rotatable bonds is 7. The van der Waals surface area contributed by atoms with E-state index in [1.807, 2.05) is 24.3 Å². The number of halogens is 1. The van der Waals surface area contributed by atoms with Gasteiger partial charge >= 0.3 is 0 Å². The average molecular weight is 492 g/mol. The Kier molecular flexibility index (Phi) is 8.13. The van der Waals surface area contributed by atoms with Crippen molar-refractivity contribution in [2.75, 3.05) is 39.8 Å². The van der Waals surface area contributed by atoms with Crippen molar-refractivity contribution in [3.05, 3.63) is 46.4 Å². The van der Waals surface area contributed by atoms with E-state index in [-0.39, 0.29) is 12.0 Å². The van der Waals surface area contributed by atoms with Gasteiger partial charge in [-0.2, -0.15) is 0 Å². The summed E-state index contributed by atoms with van der Waals surface area (Å²) in [4.78, 5) is 17.6. The first-order chi connectivity index (χ1) is 15.0. The number of guanidine groups is 1. The predicted octanol–water partition coefficient (Wildman–Crippen LogP) is 3.85. The Morgan fingerprint density at radius 1 is 1.13 bits per heavy atom. The molecule has 1 aliphatic heterocycles. The van der Waals surface area contributed by atoms with E-state index in [9.17, 15) is 4.79 Å². The topological polar surface area (TPSA) is 90.4 Å². The summed E-state index contributed by atoms with van der Waals surface area (Å²) in [5.74, 6) is 1.17. The number of hydrogen-bond acceptors (Lipinski definition) is 6. The first-order valence-electron chi connectivity index (χ1n) is 9.84. The third-order valence-electron chi connectivity index (χ3n) is 4.74. The summed E-state index contributed by atoms with van der Waals surface area (Å²) in [7, 11) is 4.52. The Balaban J connectivity index is 1.82. The standard InChI is InChI=1S/C22H26BrN3O5/c1-28-18-11-14(12-19(29-2)20(18)30-3)21(27)26-22(24-13-17-5-4-10-31-17)25-16-8-6-15(23)7-9-16/h6-9,11-12,17H,4-5,10,13H2,1-3H3,(H2,24,25,26,27). The van der Waals surface area contributed by atoms with Crippen molar-refractivity contribution in [2.24, 2.45) is 4.99 Å². The molecule has 166 valence electrons. The van der Waals surface area contributed by atoms with Crippen LogP contribution >= 0.6 is 15.9 Å². The minimum absolute atomic E-state index is 0.0554. The van der Waals surface area contributed by atoms with E-state index in [4.69, 9.17) is 18.9 Å². The Labute approximate surface area is 190 Å². The van der Waals surface area contributed by atoms with Crippen molar-refractivity contribution in [3.8, 4) is 17.2 Å². The Bertz CT molecular complexity index is 902. The third kappa shape index (κ3) is 6.11. The summed E-state index contributed by atoms with van der Waals surface area (Å²) in [6.45, 7) is 1.20. The molecule has 1 saturated heterocycles. The molecule has 3 rings (SSSR count). The van der Waals surface area contributed by atoms with E-state index in [1.165, 1.54) is 21.3 Å². The highest BCUT2D eigenvalue weighted by Crippen LogP contribution is 2.38. The number of nitrogens with zero attached hydrogens (tertiary/aromatic N) is 1. The van der Waals surface area contributed by atoms with Crippen LogP contribution in [-0.2, 0) is 4.74 Å². The number of anilines is 1. The van der Waals surface area contributed by atoms with Gasteiger partial charge in [0.2, 0.25) is 11.7 Å². The molecule has 2 N–H and O–H groups in total. The zero-order chi connectivity index (χ0) is 22.2. The molecule has 1 fully saturated rings. The molecule has 0 spiro atoms. The Morgan fingerprint density at radius 3 is 2.35 bits per heavy atom. The van der Waals surface area contributed by atoms with Gasteiger partial charge in [0, 0.05) is 22.3 Å². The quantitative estimate of drug-likeness (QED) is 0.451. The van der Waals surface area contributed by atoms with Gasteiger partial charge in [0.15, 0.2) is 11.5 Å². The van der Waals surface area contributed by atoms with Gasteiger partial charge in [0.25, 0.3) is 5.91 Å². The second kappa shape index (κ2) is 11.0. The second-order valence-electron chi connectivity index (χ2n) is 6.82. The highest BCUT2D eigenvalue weighted by atomic mass is 79.9. The van der Waals surface area contributed by atoms with Gasteiger partial charge in [0.05, 0.1) is 34.0 Å². The molecule has 1 aliphatic rings. The molecule has 31 heavy (non-hydrogen) atoms. The number of amides is 1. The number of nitrogens with one attached hydrogen (secondary N) is 2. The van der Waals surface area contributed by atoms with E-state index < -0.39 is 0 Å². The number of carbonyl (C=O) groups excluding carboxylic acids is 1. The van der Waals surface area contributed by atoms with Gasteiger partial charge in [-0.25, -0.2) is 4.99 Å². The van der Waals surface area contributed by atoms with Gasteiger partial charge in [-0.05, 0) is 49.2 Å². The number of benzene rings is 2. The van der Waals surface area contributed by atoms with Gasteiger partial charge in [-0.15, -0.1) is 0 Å². The first-order valence-corrected chi connectivity index (χ1v) is 10.6. The van der Waals surface area contributed by atoms with E-state index in [0.29, 0.717) is 35.3 Å². The third-order valence-corrected chi connectivity index (χ3v) is 5.27. The van der Waals surface area contributed by atoms with Crippen LogP contribution in [0.2, 0.25) is 0 Å². The largest absolute Gasteiger partial charge is 0.493 e. The maximum atomic E-state index is 13.0. The molecule has 8 nitrogen and oxygen atoms in total. The van der Waals surface area contributed by atoms with Crippen LogP contribution in [0.25, 0.3) is 0 Å². The van der Waals surface area contributed by atoms with E-state index in [1.54, 1.807) is 12.1 Å². The van der Waals surface area contributed by atoms with Crippen molar-refractivity contribution in [1.29, 1.82) is 0 Å².